The zero-order chi connectivity index (χ0) is 15.2. The molecule has 0 radical (unpaired) electrons. The van der Waals surface area contributed by atoms with Crippen LogP contribution in [-0.4, -0.2) is 10.9 Å². The summed E-state index contributed by atoms with van der Waals surface area (Å²) in [5.41, 5.74) is 2.46. The molecule has 0 spiro atoms. The Morgan fingerprint density at radius 3 is 2.52 bits per heavy atom. The van der Waals surface area contributed by atoms with Gasteiger partial charge in [0.25, 0.3) is 0 Å². The molecule has 3 nitrogen and oxygen atoms in total. The van der Waals surface area contributed by atoms with Crippen molar-refractivity contribution in [2.45, 2.75) is 20.0 Å². The summed E-state index contributed by atoms with van der Waals surface area (Å²) in [6.07, 6.45) is 0.672. The van der Waals surface area contributed by atoms with Crippen LogP contribution in [0.5, 0.6) is 5.75 Å². The van der Waals surface area contributed by atoms with Crippen LogP contribution in [-0.2, 0) is 6.61 Å². The first-order valence-corrected chi connectivity index (χ1v) is 7.69. The lowest BCUT2D eigenvalue weighted by Crippen LogP contribution is -2.00. The molecule has 0 saturated carbocycles. The summed E-state index contributed by atoms with van der Waals surface area (Å²) >= 11 is 9.52. The number of ether oxygens (including phenoxy) is 1. The number of oxime groups is 1. The number of halogens is 2. The summed E-state index contributed by atoms with van der Waals surface area (Å²) in [7, 11) is 0. The topological polar surface area (TPSA) is 41.8 Å². The second-order valence-electron chi connectivity index (χ2n) is 4.45. The van der Waals surface area contributed by atoms with Crippen LogP contribution in [0.4, 0.5) is 0 Å². The molecular weight excluding hydrogens is 354 g/mol. The molecule has 21 heavy (non-hydrogen) atoms. The van der Waals surface area contributed by atoms with Gasteiger partial charge in [-0.05, 0) is 48.4 Å². The molecule has 0 aliphatic heterocycles. The van der Waals surface area contributed by atoms with E-state index in [1.165, 1.54) is 0 Å². The summed E-state index contributed by atoms with van der Waals surface area (Å²) in [6.45, 7) is 2.34. The largest absolute Gasteiger partial charge is 0.489 e. The predicted molar refractivity (Wildman–Crippen MR) is 88.5 cm³/mol. The first-order valence-electron chi connectivity index (χ1n) is 6.52. The van der Waals surface area contributed by atoms with E-state index in [1.807, 2.05) is 49.4 Å². The van der Waals surface area contributed by atoms with Crippen molar-refractivity contribution in [3.8, 4) is 5.75 Å². The molecule has 5 heteroatoms. The van der Waals surface area contributed by atoms with Crippen LogP contribution in [0.25, 0.3) is 0 Å². The quantitative estimate of drug-likeness (QED) is 0.444. The lowest BCUT2D eigenvalue weighted by Gasteiger charge is -2.09. The Morgan fingerprint density at radius 1 is 1.24 bits per heavy atom. The molecule has 110 valence electrons. The standard InChI is InChI=1S/C16H15BrClNO2/c1-2-16(19-20)11-4-7-14(8-5-11)21-10-12-3-6-13(17)9-15(12)18/h3-9,20H,2,10H2,1H3/b19-16-. The normalized spacial score (nSPS) is 11.5. The van der Waals surface area contributed by atoms with Gasteiger partial charge in [-0.1, -0.05) is 45.7 Å². The van der Waals surface area contributed by atoms with Crippen molar-refractivity contribution < 1.29 is 9.94 Å². The van der Waals surface area contributed by atoms with Gasteiger partial charge in [0.05, 0.1) is 5.71 Å². The Kier molecular flexibility index (Phi) is 5.65. The SMILES string of the molecule is CC/C(=N/O)c1ccc(OCc2ccc(Br)cc2Cl)cc1. The highest BCUT2D eigenvalue weighted by Gasteiger charge is 2.04. The van der Waals surface area contributed by atoms with Crippen molar-refractivity contribution in [3.63, 3.8) is 0 Å². The summed E-state index contributed by atoms with van der Waals surface area (Å²) in [6, 6.07) is 13.1. The lowest BCUT2D eigenvalue weighted by molar-refractivity contribution is 0.306. The van der Waals surface area contributed by atoms with Gasteiger partial charge in [0, 0.05) is 15.1 Å². The molecule has 0 unspecified atom stereocenters. The molecule has 2 aromatic carbocycles. The van der Waals surface area contributed by atoms with Crippen molar-refractivity contribution in [1.82, 2.24) is 0 Å². The minimum Gasteiger partial charge on any atom is -0.489 e. The van der Waals surface area contributed by atoms with E-state index in [2.05, 4.69) is 21.1 Å². The molecule has 2 rings (SSSR count). The van der Waals surface area contributed by atoms with E-state index in [9.17, 15) is 0 Å². The van der Waals surface area contributed by atoms with E-state index in [0.29, 0.717) is 23.8 Å². The summed E-state index contributed by atoms with van der Waals surface area (Å²) in [5, 5.41) is 12.8. The average Bonchev–Trinajstić information content (AvgIpc) is 2.49. The Labute approximate surface area is 137 Å². The van der Waals surface area contributed by atoms with Crippen molar-refractivity contribution >= 4 is 33.2 Å². The van der Waals surface area contributed by atoms with Crippen LogP contribution >= 0.6 is 27.5 Å². The number of benzene rings is 2. The molecule has 2 aromatic rings. The van der Waals surface area contributed by atoms with Crippen LogP contribution in [0.1, 0.15) is 24.5 Å². The van der Waals surface area contributed by atoms with Crippen LogP contribution in [0.3, 0.4) is 0 Å². The van der Waals surface area contributed by atoms with E-state index >= 15 is 0 Å². The maximum atomic E-state index is 8.89. The predicted octanol–water partition coefficient (Wildman–Crippen LogP) is 5.27. The first-order chi connectivity index (χ1) is 10.1. The van der Waals surface area contributed by atoms with E-state index in [4.69, 9.17) is 21.5 Å². The highest BCUT2D eigenvalue weighted by atomic mass is 79.9. The van der Waals surface area contributed by atoms with Gasteiger partial charge in [-0.25, -0.2) is 0 Å². The Morgan fingerprint density at radius 2 is 1.95 bits per heavy atom. The Hall–Kier alpha value is -1.52. The van der Waals surface area contributed by atoms with Gasteiger partial charge in [-0.3, -0.25) is 0 Å². The van der Waals surface area contributed by atoms with Gasteiger partial charge in [-0.2, -0.15) is 0 Å². The van der Waals surface area contributed by atoms with Crippen LogP contribution in [0.2, 0.25) is 5.02 Å². The smallest absolute Gasteiger partial charge is 0.119 e. The summed E-state index contributed by atoms with van der Waals surface area (Å²) in [5.74, 6) is 0.742. The van der Waals surface area contributed by atoms with Gasteiger partial charge in [-0.15, -0.1) is 0 Å². The maximum absolute atomic E-state index is 8.89. The molecular formula is C16H15BrClNO2. The van der Waals surface area contributed by atoms with Crippen molar-refractivity contribution in [3.05, 3.63) is 63.1 Å². The number of hydrogen-bond acceptors (Lipinski definition) is 3. The third kappa shape index (κ3) is 4.22. The minimum absolute atomic E-state index is 0.403. The van der Waals surface area contributed by atoms with Gasteiger partial charge in [0.2, 0.25) is 0 Å². The van der Waals surface area contributed by atoms with Crippen molar-refractivity contribution in [1.29, 1.82) is 0 Å². The zero-order valence-electron chi connectivity index (χ0n) is 11.5. The third-order valence-electron chi connectivity index (χ3n) is 3.05. The maximum Gasteiger partial charge on any atom is 0.119 e. The van der Waals surface area contributed by atoms with Crippen molar-refractivity contribution in [2.75, 3.05) is 0 Å². The number of hydrogen-bond donors (Lipinski definition) is 1. The second kappa shape index (κ2) is 7.48. The van der Waals surface area contributed by atoms with E-state index < -0.39 is 0 Å². The summed E-state index contributed by atoms with van der Waals surface area (Å²) < 4.78 is 6.65. The molecule has 0 saturated heterocycles. The van der Waals surface area contributed by atoms with Crippen LogP contribution < -0.4 is 4.74 Å². The molecule has 0 atom stereocenters. The number of nitrogens with zero attached hydrogens (tertiary/aromatic N) is 1. The van der Waals surface area contributed by atoms with Crippen LogP contribution in [0.15, 0.2) is 52.1 Å². The monoisotopic (exact) mass is 367 g/mol. The fourth-order valence-corrected chi connectivity index (χ4v) is 2.60. The molecule has 0 fully saturated rings. The van der Waals surface area contributed by atoms with Crippen LogP contribution in [0, 0.1) is 0 Å². The van der Waals surface area contributed by atoms with Gasteiger partial charge in [0.1, 0.15) is 12.4 Å². The number of rotatable bonds is 5. The fraction of sp³-hybridized carbons (Fsp3) is 0.188. The van der Waals surface area contributed by atoms with E-state index in [-0.39, 0.29) is 0 Å². The first kappa shape index (κ1) is 15.9. The zero-order valence-corrected chi connectivity index (χ0v) is 13.9. The second-order valence-corrected chi connectivity index (χ2v) is 5.77. The summed E-state index contributed by atoms with van der Waals surface area (Å²) in [4.78, 5) is 0. The van der Waals surface area contributed by atoms with Gasteiger partial charge >= 0.3 is 0 Å². The van der Waals surface area contributed by atoms with Gasteiger partial charge < -0.3 is 9.94 Å². The molecule has 0 aliphatic carbocycles. The molecule has 0 bridgehead atoms. The molecule has 0 heterocycles. The lowest BCUT2D eigenvalue weighted by atomic mass is 10.1. The molecule has 0 aromatic heterocycles. The fourth-order valence-electron chi connectivity index (χ4n) is 1.88. The molecule has 0 aliphatic rings. The molecule has 1 N–H and O–H groups in total. The highest BCUT2D eigenvalue weighted by molar-refractivity contribution is 9.10. The Balaban J connectivity index is 2.04. The highest BCUT2D eigenvalue weighted by Crippen LogP contribution is 2.23. The van der Waals surface area contributed by atoms with E-state index in [0.717, 1.165) is 21.3 Å². The van der Waals surface area contributed by atoms with Gasteiger partial charge in [0.15, 0.2) is 0 Å². The van der Waals surface area contributed by atoms with E-state index in [1.54, 1.807) is 0 Å². The van der Waals surface area contributed by atoms with Crippen molar-refractivity contribution in [2.24, 2.45) is 5.16 Å². The Bertz CT molecular complexity index is 641. The average molecular weight is 369 g/mol. The third-order valence-corrected chi connectivity index (χ3v) is 3.90. The minimum atomic E-state index is 0.403. The molecule has 0 amide bonds.